The van der Waals surface area contributed by atoms with E-state index in [1.807, 2.05) is 0 Å². The van der Waals surface area contributed by atoms with E-state index >= 15 is 0 Å². The molecule has 1 aliphatic heterocycles. The molecule has 1 saturated carbocycles. The van der Waals surface area contributed by atoms with Crippen molar-refractivity contribution < 1.29 is 14.6 Å². The molecular formula is C14H27NO3. The van der Waals surface area contributed by atoms with Crippen LogP contribution in [0.1, 0.15) is 64.2 Å². The standard InChI is InChI=1S/C13H24O.CH3NO2/c1-2-5-9-12(8-4-1)13-10-6-3-7-11-14-13;2-1(3)4/h12-13H,1-11H2;2H2,(H,3,4). The Bertz CT molecular complexity index is 195. The molecule has 18 heavy (non-hydrogen) atoms. The molecule has 1 heterocycles. The fourth-order valence-corrected chi connectivity index (χ4v) is 3.00. The molecule has 1 aliphatic carbocycles. The van der Waals surface area contributed by atoms with Gasteiger partial charge in [-0.1, -0.05) is 38.5 Å². The van der Waals surface area contributed by atoms with Crippen LogP contribution in [0.5, 0.6) is 0 Å². The zero-order chi connectivity index (χ0) is 13.2. The lowest BCUT2D eigenvalue weighted by molar-refractivity contribution is 0.0116. The lowest BCUT2D eigenvalue weighted by Gasteiger charge is -2.24. The van der Waals surface area contributed by atoms with Crippen LogP contribution in [-0.2, 0) is 4.74 Å². The summed E-state index contributed by atoms with van der Waals surface area (Å²) in [6, 6.07) is 0. The van der Waals surface area contributed by atoms with Crippen LogP contribution in [0, 0.1) is 5.92 Å². The van der Waals surface area contributed by atoms with E-state index in [-0.39, 0.29) is 0 Å². The summed E-state index contributed by atoms with van der Waals surface area (Å²) >= 11 is 0. The Kier molecular flexibility index (Phi) is 7.81. The average Bonchev–Trinajstić information content (AvgIpc) is 2.73. The van der Waals surface area contributed by atoms with Crippen molar-refractivity contribution in [2.75, 3.05) is 6.61 Å². The number of ether oxygens (including phenoxy) is 1. The Labute approximate surface area is 110 Å². The molecule has 1 saturated heterocycles. The van der Waals surface area contributed by atoms with Crippen LogP contribution in [0.25, 0.3) is 0 Å². The monoisotopic (exact) mass is 257 g/mol. The van der Waals surface area contributed by atoms with Gasteiger partial charge in [-0.25, -0.2) is 4.79 Å². The van der Waals surface area contributed by atoms with E-state index < -0.39 is 6.09 Å². The van der Waals surface area contributed by atoms with E-state index in [9.17, 15) is 0 Å². The quantitative estimate of drug-likeness (QED) is 0.706. The number of carbonyl (C=O) groups is 1. The van der Waals surface area contributed by atoms with Crippen molar-refractivity contribution >= 4 is 6.09 Å². The van der Waals surface area contributed by atoms with Crippen LogP contribution in [0.4, 0.5) is 4.79 Å². The van der Waals surface area contributed by atoms with Gasteiger partial charge in [-0.15, -0.1) is 0 Å². The fourth-order valence-electron chi connectivity index (χ4n) is 3.00. The maximum absolute atomic E-state index is 8.78. The van der Waals surface area contributed by atoms with Crippen molar-refractivity contribution in [2.45, 2.75) is 70.3 Å². The van der Waals surface area contributed by atoms with Gasteiger partial charge in [0, 0.05) is 6.61 Å². The minimum Gasteiger partial charge on any atom is -0.465 e. The van der Waals surface area contributed by atoms with E-state index in [2.05, 4.69) is 5.73 Å². The van der Waals surface area contributed by atoms with E-state index in [1.165, 1.54) is 64.2 Å². The first-order valence-electron chi connectivity index (χ1n) is 7.30. The average molecular weight is 257 g/mol. The summed E-state index contributed by atoms with van der Waals surface area (Å²) in [5.74, 6) is 0.899. The predicted molar refractivity (Wildman–Crippen MR) is 71.6 cm³/mol. The fraction of sp³-hybridized carbons (Fsp3) is 0.929. The molecule has 0 radical (unpaired) electrons. The van der Waals surface area contributed by atoms with E-state index in [4.69, 9.17) is 14.6 Å². The van der Waals surface area contributed by atoms with Gasteiger partial charge in [-0.2, -0.15) is 0 Å². The number of rotatable bonds is 1. The highest BCUT2D eigenvalue weighted by atomic mass is 16.5. The van der Waals surface area contributed by atoms with Gasteiger partial charge in [-0.05, 0) is 31.6 Å². The van der Waals surface area contributed by atoms with Gasteiger partial charge in [0.05, 0.1) is 6.10 Å². The Morgan fingerprint density at radius 1 is 0.944 bits per heavy atom. The second kappa shape index (κ2) is 9.20. The number of hydrogen-bond donors (Lipinski definition) is 2. The summed E-state index contributed by atoms with van der Waals surface area (Å²) in [6.45, 7) is 1.03. The summed E-state index contributed by atoms with van der Waals surface area (Å²) in [6.07, 6.45) is 13.4. The summed E-state index contributed by atoms with van der Waals surface area (Å²) in [5.41, 5.74) is 4.03. The first-order chi connectivity index (χ1) is 8.70. The van der Waals surface area contributed by atoms with Gasteiger partial charge in [0.1, 0.15) is 0 Å². The smallest absolute Gasteiger partial charge is 0.402 e. The number of hydrogen-bond acceptors (Lipinski definition) is 2. The first kappa shape index (κ1) is 15.3. The molecule has 3 N–H and O–H groups in total. The summed E-state index contributed by atoms with van der Waals surface area (Å²) in [7, 11) is 0. The third kappa shape index (κ3) is 6.84. The van der Waals surface area contributed by atoms with Crippen LogP contribution >= 0.6 is 0 Å². The van der Waals surface area contributed by atoms with Crippen LogP contribution in [0.15, 0.2) is 0 Å². The highest BCUT2D eigenvalue weighted by Gasteiger charge is 2.24. The maximum Gasteiger partial charge on any atom is 0.402 e. The third-order valence-electron chi connectivity index (χ3n) is 3.89. The highest BCUT2D eigenvalue weighted by Crippen LogP contribution is 2.30. The molecule has 0 aromatic rings. The number of carboxylic acid groups (broad SMARTS) is 1. The Balaban J connectivity index is 0.000000357. The molecule has 2 rings (SSSR count). The number of nitrogens with two attached hydrogens (primary N) is 1. The molecule has 0 aromatic heterocycles. The molecule has 4 nitrogen and oxygen atoms in total. The normalized spacial score (nSPS) is 26.3. The van der Waals surface area contributed by atoms with Crippen LogP contribution in [0.3, 0.4) is 0 Å². The van der Waals surface area contributed by atoms with E-state index in [0.717, 1.165) is 12.5 Å². The van der Waals surface area contributed by atoms with E-state index in [0.29, 0.717) is 6.10 Å². The molecule has 1 unspecified atom stereocenters. The van der Waals surface area contributed by atoms with Crippen LogP contribution < -0.4 is 5.73 Å². The maximum atomic E-state index is 8.78. The van der Waals surface area contributed by atoms with Crippen molar-refractivity contribution in [3.05, 3.63) is 0 Å². The van der Waals surface area contributed by atoms with Crippen LogP contribution in [-0.4, -0.2) is 23.9 Å². The number of primary amides is 1. The van der Waals surface area contributed by atoms with Crippen molar-refractivity contribution in [1.29, 1.82) is 0 Å². The Hall–Kier alpha value is -0.770. The first-order valence-corrected chi connectivity index (χ1v) is 7.30. The molecule has 0 bridgehead atoms. The van der Waals surface area contributed by atoms with Gasteiger partial charge in [0.25, 0.3) is 0 Å². The highest BCUT2D eigenvalue weighted by molar-refractivity contribution is 5.61. The molecule has 0 spiro atoms. The van der Waals surface area contributed by atoms with Crippen molar-refractivity contribution in [2.24, 2.45) is 11.7 Å². The van der Waals surface area contributed by atoms with Gasteiger partial charge < -0.3 is 15.6 Å². The SMILES string of the molecule is C1CCCC(C2CCCCCO2)CC1.NC(=O)O. The Morgan fingerprint density at radius 2 is 1.44 bits per heavy atom. The molecule has 2 fully saturated rings. The zero-order valence-electron chi connectivity index (χ0n) is 11.3. The lowest BCUT2D eigenvalue weighted by Crippen LogP contribution is -2.23. The summed E-state index contributed by atoms with van der Waals surface area (Å²) < 4.78 is 6.00. The van der Waals surface area contributed by atoms with Crippen molar-refractivity contribution in [1.82, 2.24) is 0 Å². The molecule has 1 amide bonds. The molecule has 4 heteroatoms. The third-order valence-corrected chi connectivity index (χ3v) is 3.89. The van der Waals surface area contributed by atoms with Gasteiger partial charge >= 0.3 is 6.09 Å². The van der Waals surface area contributed by atoms with Gasteiger partial charge in [0.15, 0.2) is 0 Å². The second-order valence-electron chi connectivity index (χ2n) is 5.35. The van der Waals surface area contributed by atoms with Crippen molar-refractivity contribution in [3.63, 3.8) is 0 Å². The topological polar surface area (TPSA) is 72.5 Å². The minimum atomic E-state index is -1.33. The molecule has 106 valence electrons. The second-order valence-corrected chi connectivity index (χ2v) is 5.35. The van der Waals surface area contributed by atoms with Gasteiger partial charge in [0.2, 0.25) is 0 Å². The Morgan fingerprint density at radius 3 is 2.06 bits per heavy atom. The van der Waals surface area contributed by atoms with Crippen LogP contribution in [0.2, 0.25) is 0 Å². The van der Waals surface area contributed by atoms with Crippen molar-refractivity contribution in [3.8, 4) is 0 Å². The molecule has 0 aromatic carbocycles. The summed E-state index contributed by atoms with van der Waals surface area (Å²) in [4.78, 5) is 8.78. The lowest BCUT2D eigenvalue weighted by atomic mass is 9.91. The summed E-state index contributed by atoms with van der Waals surface area (Å²) in [5, 5.41) is 7.19. The molecular weight excluding hydrogens is 230 g/mol. The van der Waals surface area contributed by atoms with Gasteiger partial charge in [-0.3, -0.25) is 0 Å². The largest absolute Gasteiger partial charge is 0.465 e. The van der Waals surface area contributed by atoms with E-state index in [1.54, 1.807) is 0 Å². The predicted octanol–water partition coefficient (Wildman–Crippen LogP) is 3.54. The molecule has 2 aliphatic rings. The molecule has 1 atom stereocenters. The zero-order valence-corrected chi connectivity index (χ0v) is 11.3. The number of amides is 1. The minimum absolute atomic E-state index is 0.621.